The van der Waals surface area contributed by atoms with Crippen LogP contribution in [-0.2, 0) is 4.74 Å². The van der Waals surface area contributed by atoms with Gasteiger partial charge in [-0.3, -0.25) is 0 Å². The predicted molar refractivity (Wildman–Crippen MR) is 55.3 cm³/mol. The predicted octanol–water partition coefficient (Wildman–Crippen LogP) is 3.31. The number of hydrogen-bond acceptors (Lipinski definition) is 2. The summed E-state index contributed by atoms with van der Waals surface area (Å²) in [6.07, 6.45) is -5.98. The van der Waals surface area contributed by atoms with Gasteiger partial charge in [0.25, 0.3) is 0 Å². The van der Waals surface area contributed by atoms with E-state index < -0.39 is 36.6 Å². The molecule has 1 amide bonds. The van der Waals surface area contributed by atoms with E-state index in [2.05, 4.69) is 4.74 Å². The number of halogens is 5. The van der Waals surface area contributed by atoms with Crippen molar-refractivity contribution in [2.75, 3.05) is 6.61 Å². The van der Waals surface area contributed by atoms with Crippen LogP contribution in [0.1, 0.15) is 18.5 Å². The summed E-state index contributed by atoms with van der Waals surface area (Å²) in [6, 6.07) is 1.70. The normalized spacial score (nSPS) is 12.9. The number of ether oxygens (including phenoxy) is 1. The average Bonchev–Trinajstić information content (AvgIpc) is 2.25. The highest BCUT2D eigenvalue weighted by Gasteiger charge is 2.30. The number of hydrogen-bond donors (Lipinski definition) is 1. The van der Waals surface area contributed by atoms with Crippen molar-refractivity contribution in [2.45, 2.75) is 19.1 Å². The molecule has 19 heavy (non-hydrogen) atoms. The third-order valence-corrected chi connectivity index (χ3v) is 2.13. The second-order valence-corrected chi connectivity index (χ2v) is 3.72. The Bertz CT molecular complexity index is 461. The van der Waals surface area contributed by atoms with E-state index in [-0.39, 0.29) is 5.56 Å². The minimum Gasteiger partial charge on any atom is -0.440 e. The van der Waals surface area contributed by atoms with Gasteiger partial charge in [0, 0.05) is 11.6 Å². The van der Waals surface area contributed by atoms with Crippen LogP contribution in [-0.4, -0.2) is 18.9 Å². The van der Waals surface area contributed by atoms with Gasteiger partial charge in [0.1, 0.15) is 11.6 Å². The highest BCUT2D eigenvalue weighted by Crippen LogP contribution is 2.18. The Hall–Kier alpha value is -1.86. The molecule has 0 aliphatic rings. The van der Waals surface area contributed by atoms with Crippen LogP contribution in [0.5, 0.6) is 0 Å². The summed E-state index contributed by atoms with van der Waals surface area (Å²) in [7, 11) is 0. The molecule has 0 fully saturated rings. The van der Waals surface area contributed by atoms with Crippen molar-refractivity contribution in [3.05, 3.63) is 35.4 Å². The average molecular weight is 283 g/mol. The van der Waals surface area contributed by atoms with Crippen molar-refractivity contribution >= 4 is 6.09 Å². The molecule has 3 nitrogen and oxygen atoms in total. The molecule has 0 aliphatic heterocycles. The zero-order chi connectivity index (χ0) is 14.6. The highest BCUT2D eigenvalue weighted by molar-refractivity contribution is 5.67. The van der Waals surface area contributed by atoms with Gasteiger partial charge in [0.05, 0.1) is 6.04 Å². The lowest BCUT2D eigenvalue weighted by molar-refractivity contribution is -0.160. The second-order valence-electron chi connectivity index (χ2n) is 3.72. The Morgan fingerprint density at radius 1 is 1.37 bits per heavy atom. The summed E-state index contributed by atoms with van der Waals surface area (Å²) in [6.45, 7) is -0.414. The monoisotopic (exact) mass is 283 g/mol. The molecule has 1 aromatic rings. The Morgan fingerprint density at radius 3 is 2.53 bits per heavy atom. The van der Waals surface area contributed by atoms with Gasteiger partial charge in [-0.2, -0.15) is 13.2 Å². The van der Waals surface area contributed by atoms with E-state index in [1.54, 1.807) is 0 Å². The molecule has 106 valence electrons. The lowest BCUT2D eigenvalue weighted by atomic mass is 10.1. The van der Waals surface area contributed by atoms with E-state index in [9.17, 15) is 26.7 Å². The minimum absolute atomic E-state index is 0.0645. The highest BCUT2D eigenvalue weighted by atomic mass is 19.4. The Balaban J connectivity index is 2.59. The van der Waals surface area contributed by atoms with Crippen LogP contribution in [0.4, 0.5) is 26.7 Å². The number of rotatable bonds is 3. The number of amides is 1. The summed E-state index contributed by atoms with van der Waals surface area (Å²) in [5, 5.41) is 2.01. The molecule has 1 unspecified atom stereocenters. The molecule has 0 aromatic heterocycles. The molecule has 1 aromatic carbocycles. The van der Waals surface area contributed by atoms with E-state index in [4.69, 9.17) is 0 Å². The van der Waals surface area contributed by atoms with Crippen LogP contribution in [0.25, 0.3) is 0 Å². The van der Waals surface area contributed by atoms with Crippen LogP contribution < -0.4 is 5.32 Å². The van der Waals surface area contributed by atoms with Gasteiger partial charge in [-0.1, -0.05) is 6.07 Å². The fourth-order valence-corrected chi connectivity index (χ4v) is 1.30. The summed E-state index contributed by atoms with van der Waals surface area (Å²) in [5.74, 6) is -1.71. The van der Waals surface area contributed by atoms with Crippen LogP contribution in [0.3, 0.4) is 0 Å². The first kappa shape index (κ1) is 15.2. The topological polar surface area (TPSA) is 38.3 Å². The first-order chi connectivity index (χ1) is 8.69. The van der Waals surface area contributed by atoms with Gasteiger partial charge in [-0.05, 0) is 13.0 Å². The number of nitrogens with one attached hydrogen (secondary N) is 1. The molecule has 0 saturated carbocycles. The Labute approximate surface area is 105 Å². The van der Waals surface area contributed by atoms with Crippen molar-refractivity contribution < 1.29 is 31.5 Å². The maximum absolute atomic E-state index is 13.3. The molecule has 1 rings (SSSR count). The van der Waals surface area contributed by atoms with Crippen LogP contribution in [0, 0.1) is 11.6 Å². The number of benzene rings is 1. The zero-order valence-electron chi connectivity index (χ0n) is 9.72. The van der Waals surface area contributed by atoms with Crippen molar-refractivity contribution in [1.82, 2.24) is 5.32 Å². The third kappa shape index (κ3) is 5.11. The number of carbonyl (C=O) groups is 1. The first-order valence-electron chi connectivity index (χ1n) is 5.14. The third-order valence-electron chi connectivity index (χ3n) is 2.13. The maximum atomic E-state index is 13.3. The molecule has 0 saturated heterocycles. The van der Waals surface area contributed by atoms with Gasteiger partial charge < -0.3 is 10.1 Å². The molecule has 8 heteroatoms. The molecular formula is C11H10F5NO2. The van der Waals surface area contributed by atoms with Gasteiger partial charge in [-0.25, -0.2) is 13.6 Å². The van der Waals surface area contributed by atoms with Gasteiger partial charge in [0.2, 0.25) is 0 Å². The van der Waals surface area contributed by atoms with E-state index in [0.29, 0.717) is 6.07 Å². The second kappa shape index (κ2) is 5.85. The van der Waals surface area contributed by atoms with Gasteiger partial charge in [-0.15, -0.1) is 0 Å². The van der Waals surface area contributed by atoms with Crippen molar-refractivity contribution in [1.29, 1.82) is 0 Å². The van der Waals surface area contributed by atoms with Gasteiger partial charge >= 0.3 is 12.3 Å². The fraction of sp³-hybridized carbons (Fsp3) is 0.364. The van der Waals surface area contributed by atoms with E-state index in [0.717, 1.165) is 12.1 Å². The summed E-state index contributed by atoms with van der Waals surface area (Å²) >= 11 is 0. The zero-order valence-corrected chi connectivity index (χ0v) is 9.72. The van der Waals surface area contributed by atoms with E-state index >= 15 is 0 Å². The fourth-order valence-electron chi connectivity index (χ4n) is 1.30. The number of alkyl halides is 3. The minimum atomic E-state index is -4.64. The Kier molecular flexibility index (Phi) is 4.68. The number of carbonyl (C=O) groups excluding carboxylic acids is 1. The number of alkyl carbamates (subject to hydrolysis) is 1. The molecule has 0 radical (unpaired) electrons. The molecule has 1 N–H and O–H groups in total. The van der Waals surface area contributed by atoms with E-state index in [1.807, 2.05) is 5.32 Å². The summed E-state index contributed by atoms with van der Waals surface area (Å²) in [4.78, 5) is 11.0. The van der Waals surface area contributed by atoms with Crippen LogP contribution >= 0.6 is 0 Å². The smallest absolute Gasteiger partial charge is 0.422 e. The quantitative estimate of drug-likeness (QED) is 0.864. The van der Waals surface area contributed by atoms with Crippen LogP contribution in [0.2, 0.25) is 0 Å². The largest absolute Gasteiger partial charge is 0.440 e. The first-order valence-corrected chi connectivity index (χ1v) is 5.14. The lowest BCUT2D eigenvalue weighted by Gasteiger charge is -2.15. The SMILES string of the molecule is CC(NC(=O)OCC(F)(F)F)c1ccc(F)cc1F. The van der Waals surface area contributed by atoms with Crippen molar-refractivity contribution in [2.24, 2.45) is 0 Å². The standard InChI is InChI=1S/C11H10F5NO2/c1-6(8-3-2-7(12)4-9(8)13)17-10(18)19-5-11(14,15)16/h2-4,6H,5H2,1H3,(H,17,18). The maximum Gasteiger partial charge on any atom is 0.422 e. The Morgan fingerprint density at radius 2 is 2.00 bits per heavy atom. The molecule has 0 heterocycles. The molecule has 0 bridgehead atoms. The van der Waals surface area contributed by atoms with Gasteiger partial charge in [0.15, 0.2) is 6.61 Å². The van der Waals surface area contributed by atoms with E-state index in [1.165, 1.54) is 6.92 Å². The lowest BCUT2D eigenvalue weighted by Crippen LogP contribution is -2.31. The van der Waals surface area contributed by atoms with Crippen molar-refractivity contribution in [3.8, 4) is 0 Å². The van der Waals surface area contributed by atoms with Crippen molar-refractivity contribution in [3.63, 3.8) is 0 Å². The molecular weight excluding hydrogens is 273 g/mol. The summed E-state index contributed by atoms with van der Waals surface area (Å²) in [5.41, 5.74) is -0.0645. The molecule has 1 atom stereocenters. The summed E-state index contributed by atoms with van der Waals surface area (Å²) < 4.78 is 65.2. The molecule has 0 aliphatic carbocycles. The molecule has 0 spiro atoms. The van der Waals surface area contributed by atoms with Crippen LogP contribution in [0.15, 0.2) is 18.2 Å².